The first-order chi connectivity index (χ1) is 8.35. The molecule has 3 heteroatoms. The molecule has 0 aromatic carbocycles. The molecule has 0 amide bonds. The fraction of sp³-hybridized carbons (Fsp3) is 0.500. The molecule has 2 bridgehead atoms. The normalized spacial score (nSPS) is 31.2. The molecule has 3 rings (SSSR count). The first-order valence-corrected chi connectivity index (χ1v) is 6.28. The van der Waals surface area contributed by atoms with Crippen LogP contribution in [0.5, 0.6) is 5.75 Å². The van der Waals surface area contributed by atoms with Crippen molar-refractivity contribution in [2.75, 3.05) is 7.11 Å². The minimum Gasteiger partial charge on any atom is -0.495 e. The molecule has 2 saturated heterocycles. The second-order valence-electron chi connectivity index (χ2n) is 4.96. The van der Waals surface area contributed by atoms with Crippen LogP contribution in [0.15, 0.2) is 24.5 Å². The second kappa shape index (κ2) is 4.49. The Balaban J connectivity index is 1.69. The van der Waals surface area contributed by atoms with Gasteiger partial charge < -0.3 is 10.1 Å². The molecule has 1 aromatic heterocycles. The van der Waals surface area contributed by atoms with Crippen molar-refractivity contribution in [3.05, 3.63) is 30.1 Å². The molecule has 3 nitrogen and oxygen atoms in total. The van der Waals surface area contributed by atoms with Gasteiger partial charge in [-0.2, -0.15) is 0 Å². The van der Waals surface area contributed by atoms with E-state index in [0.717, 1.165) is 17.4 Å². The third-order valence-electron chi connectivity index (χ3n) is 3.86. The maximum Gasteiger partial charge on any atom is 0.137 e. The minimum absolute atomic E-state index is 0.694. The molecule has 0 aliphatic carbocycles. The van der Waals surface area contributed by atoms with E-state index in [1.807, 2.05) is 12.3 Å². The van der Waals surface area contributed by atoms with Crippen LogP contribution in [-0.4, -0.2) is 24.2 Å². The van der Waals surface area contributed by atoms with E-state index in [9.17, 15) is 0 Å². The van der Waals surface area contributed by atoms with E-state index in [1.54, 1.807) is 13.3 Å². The van der Waals surface area contributed by atoms with Gasteiger partial charge in [0.25, 0.3) is 0 Å². The molecular formula is C14H18N2O. The zero-order valence-corrected chi connectivity index (χ0v) is 10.1. The number of methoxy groups -OCH3 is 1. The van der Waals surface area contributed by atoms with Crippen LogP contribution in [0, 0.1) is 5.92 Å². The van der Waals surface area contributed by atoms with Gasteiger partial charge in [0.05, 0.1) is 13.3 Å². The lowest BCUT2D eigenvalue weighted by molar-refractivity contribution is 0.413. The molecule has 2 aliphatic heterocycles. The highest BCUT2D eigenvalue weighted by molar-refractivity contribution is 5.50. The first-order valence-electron chi connectivity index (χ1n) is 6.28. The molecule has 3 heterocycles. The van der Waals surface area contributed by atoms with Crippen LogP contribution in [0.3, 0.4) is 0 Å². The van der Waals surface area contributed by atoms with Crippen molar-refractivity contribution in [3.8, 4) is 5.75 Å². The molecule has 0 spiro atoms. The number of hydrogen-bond acceptors (Lipinski definition) is 3. The van der Waals surface area contributed by atoms with E-state index in [1.165, 1.54) is 19.3 Å². The molecule has 2 aliphatic rings. The Hall–Kier alpha value is -1.35. The van der Waals surface area contributed by atoms with E-state index < -0.39 is 0 Å². The molecule has 3 unspecified atom stereocenters. The zero-order valence-electron chi connectivity index (χ0n) is 10.1. The number of rotatable bonds is 3. The summed E-state index contributed by atoms with van der Waals surface area (Å²) in [6, 6.07) is 3.48. The molecular weight excluding hydrogens is 212 g/mol. The van der Waals surface area contributed by atoms with Crippen molar-refractivity contribution in [2.24, 2.45) is 5.92 Å². The molecule has 0 saturated carbocycles. The van der Waals surface area contributed by atoms with Gasteiger partial charge in [-0.15, -0.1) is 0 Å². The molecule has 90 valence electrons. The Bertz CT molecular complexity index is 430. The van der Waals surface area contributed by atoms with Gasteiger partial charge in [-0.3, -0.25) is 4.98 Å². The third-order valence-corrected chi connectivity index (χ3v) is 3.86. The monoisotopic (exact) mass is 230 g/mol. The van der Waals surface area contributed by atoms with Crippen molar-refractivity contribution in [1.29, 1.82) is 0 Å². The zero-order chi connectivity index (χ0) is 11.7. The highest BCUT2D eigenvalue weighted by atomic mass is 16.5. The quantitative estimate of drug-likeness (QED) is 0.864. The number of aromatic nitrogens is 1. The molecule has 1 N–H and O–H groups in total. The van der Waals surface area contributed by atoms with E-state index in [4.69, 9.17) is 4.74 Å². The topological polar surface area (TPSA) is 34.1 Å². The smallest absolute Gasteiger partial charge is 0.137 e. The summed E-state index contributed by atoms with van der Waals surface area (Å²) in [6.45, 7) is 0. The largest absolute Gasteiger partial charge is 0.495 e. The Kier molecular flexibility index (Phi) is 2.85. The highest BCUT2D eigenvalue weighted by Gasteiger charge is 2.37. The summed E-state index contributed by atoms with van der Waals surface area (Å²) in [6.07, 6.45) is 12.1. The third kappa shape index (κ3) is 2.20. The predicted octanol–water partition coefficient (Wildman–Crippen LogP) is 2.24. The number of fused-ring (bicyclic) bond motifs is 2. The van der Waals surface area contributed by atoms with Crippen molar-refractivity contribution < 1.29 is 4.74 Å². The van der Waals surface area contributed by atoms with Crippen molar-refractivity contribution >= 4 is 6.08 Å². The van der Waals surface area contributed by atoms with Crippen LogP contribution in [0.1, 0.15) is 24.8 Å². The van der Waals surface area contributed by atoms with Crippen molar-refractivity contribution in [1.82, 2.24) is 10.3 Å². The van der Waals surface area contributed by atoms with Gasteiger partial charge in [-0.25, -0.2) is 0 Å². The number of hydrogen-bond donors (Lipinski definition) is 1. The van der Waals surface area contributed by atoms with Crippen molar-refractivity contribution in [2.45, 2.75) is 31.3 Å². The summed E-state index contributed by atoms with van der Waals surface area (Å²) in [5, 5.41) is 3.65. The number of nitrogens with zero attached hydrogens (tertiary/aromatic N) is 1. The molecule has 1 aromatic rings. The van der Waals surface area contributed by atoms with Gasteiger partial charge >= 0.3 is 0 Å². The highest BCUT2D eigenvalue weighted by Crippen LogP contribution is 2.34. The van der Waals surface area contributed by atoms with E-state index >= 15 is 0 Å². The van der Waals surface area contributed by atoms with Gasteiger partial charge in [0.1, 0.15) is 5.75 Å². The Morgan fingerprint density at radius 3 is 3.06 bits per heavy atom. The van der Waals surface area contributed by atoms with Gasteiger partial charge in [0.15, 0.2) is 0 Å². The summed E-state index contributed by atoms with van der Waals surface area (Å²) < 4.78 is 5.17. The van der Waals surface area contributed by atoms with Crippen LogP contribution < -0.4 is 10.1 Å². The van der Waals surface area contributed by atoms with E-state index in [0.29, 0.717) is 12.0 Å². The van der Waals surface area contributed by atoms with Crippen LogP contribution in [0.4, 0.5) is 0 Å². The van der Waals surface area contributed by atoms with E-state index in [2.05, 4.69) is 22.5 Å². The van der Waals surface area contributed by atoms with Gasteiger partial charge in [0.2, 0.25) is 0 Å². The number of pyridine rings is 1. The van der Waals surface area contributed by atoms with Gasteiger partial charge in [0, 0.05) is 18.3 Å². The number of ether oxygens (including phenoxy) is 1. The SMILES string of the molecule is COc1cncc(C=CC2CC3CCC2N3)c1. The summed E-state index contributed by atoms with van der Waals surface area (Å²) in [7, 11) is 1.67. The maximum absolute atomic E-state index is 5.17. The van der Waals surface area contributed by atoms with E-state index in [-0.39, 0.29) is 0 Å². The van der Waals surface area contributed by atoms with Gasteiger partial charge in [-0.1, -0.05) is 12.2 Å². The van der Waals surface area contributed by atoms with Gasteiger partial charge in [-0.05, 0) is 36.8 Å². The molecule has 2 fully saturated rings. The lowest BCUT2D eigenvalue weighted by Crippen LogP contribution is -2.21. The second-order valence-corrected chi connectivity index (χ2v) is 4.96. The van der Waals surface area contributed by atoms with Crippen LogP contribution in [0.2, 0.25) is 0 Å². The Morgan fingerprint density at radius 2 is 2.35 bits per heavy atom. The predicted molar refractivity (Wildman–Crippen MR) is 67.9 cm³/mol. The average Bonchev–Trinajstić information content (AvgIpc) is 2.99. The maximum atomic E-state index is 5.17. The summed E-state index contributed by atoms with van der Waals surface area (Å²) >= 11 is 0. The van der Waals surface area contributed by atoms with Crippen molar-refractivity contribution in [3.63, 3.8) is 0 Å². The number of nitrogens with one attached hydrogen (secondary N) is 1. The van der Waals surface area contributed by atoms with Crippen LogP contribution in [-0.2, 0) is 0 Å². The first kappa shape index (κ1) is 10.8. The molecule has 0 radical (unpaired) electrons. The lowest BCUT2D eigenvalue weighted by atomic mass is 9.89. The minimum atomic E-state index is 0.694. The fourth-order valence-corrected chi connectivity index (χ4v) is 2.95. The Morgan fingerprint density at radius 1 is 1.41 bits per heavy atom. The lowest BCUT2D eigenvalue weighted by Gasteiger charge is -2.15. The Labute approximate surface area is 102 Å². The van der Waals surface area contributed by atoms with Crippen LogP contribution >= 0.6 is 0 Å². The molecule has 3 atom stereocenters. The van der Waals surface area contributed by atoms with Crippen LogP contribution in [0.25, 0.3) is 6.08 Å². The summed E-state index contributed by atoms with van der Waals surface area (Å²) in [4.78, 5) is 4.16. The average molecular weight is 230 g/mol. The summed E-state index contributed by atoms with van der Waals surface area (Å²) in [5.41, 5.74) is 1.12. The fourth-order valence-electron chi connectivity index (χ4n) is 2.95. The molecule has 17 heavy (non-hydrogen) atoms. The summed E-state index contributed by atoms with van der Waals surface area (Å²) in [5.74, 6) is 1.51. The standard InChI is InChI=1S/C14H18N2O/c1-17-13-6-10(8-15-9-13)2-3-11-7-12-4-5-14(11)16-12/h2-3,6,8-9,11-12,14,16H,4-5,7H2,1H3.